The molecule has 0 spiro atoms. The molecular formula is C10H15NO. The van der Waals surface area contributed by atoms with Gasteiger partial charge in [-0.25, -0.2) is 0 Å². The van der Waals surface area contributed by atoms with Crippen LogP contribution in [-0.4, -0.2) is 13.3 Å². The van der Waals surface area contributed by atoms with E-state index in [0.717, 1.165) is 12.7 Å². The van der Waals surface area contributed by atoms with Crippen LogP contribution in [0.1, 0.15) is 12.0 Å². The summed E-state index contributed by atoms with van der Waals surface area (Å²) in [7, 11) is 1.50. The van der Waals surface area contributed by atoms with E-state index in [1.54, 1.807) is 0 Å². The molecule has 2 nitrogen and oxygen atoms in total. The van der Waals surface area contributed by atoms with Gasteiger partial charge in [-0.3, -0.25) is 0 Å². The highest BCUT2D eigenvalue weighted by Crippen LogP contribution is 1.99. The molecule has 0 amide bonds. The van der Waals surface area contributed by atoms with Crippen molar-refractivity contribution < 1.29 is 4.79 Å². The highest BCUT2D eigenvalue weighted by Gasteiger charge is 1.87. The average molecular weight is 165 g/mol. The van der Waals surface area contributed by atoms with Gasteiger partial charge in [-0.2, -0.15) is 0 Å². The summed E-state index contributed by atoms with van der Waals surface area (Å²) in [5.74, 6) is 0. The molecule has 0 saturated heterocycles. The van der Waals surface area contributed by atoms with Gasteiger partial charge in [0.2, 0.25) is 0 Å². The highest BCUT2D eigenvalue weighted by molar-refractivity contribution is 5.49. The van der Waals surface area contributed by atoms with Crippen LogP contribution in [0.5, 0.6) is 0 Å². The molecule has 0 aliphatic heterocycles. The van der Waals surface area contributed by atoms with Crippen molar-refractivity contribution in [3.63, 3.8) is 0 Å². The molecule has 12 heavy (non-hydrogen) atoms. The van der Waals surface area contributed by atoms with Crippen LogP contribution in [0.25, 0.3) is 0 Å². The number of aldehydes is 1. The first-order chi connectivity index (χ1) is 5.93. The summed E-state index contributed by atoms with van der Waals surface area (Å²) >= 11 is 0. The van der Waals surface area contributed by atoms with Crippen molar-refractivity contribution in [2.45, 2.75) is 12.8 Å². The van der Waals surface area contributed by atoms with E-state index in [9.17, 15) is 4.79 Å². The Labute approximate surface area is 73.4 Å². The van der Waals surface area contributed by atoms with E-state index in [2.05, 4.69) is 5.73 Å². The molecule has 0 aromatic heterocycles. The Morgan fingerprint density at radius 2 is 1.83 bits per heavy atom. The second kappa shape index (κ2) is 7.95. The third-order valence-electron chi connectivity index (χ3n) is 1.39. The molecule has 1 aromatic rings. The molecule has 0 bridgehead atoms. The Morgan fingerprint density at radius 3 is 2.33 bits per heavy atom. The van der Waals surface area contributed by atoms with E-state index in [-0.39, 0.29) is 0 Å². The van der Waals surface area contributed by atoms with Crippen molar-refractivity contribution in [3.05, 3.63) is 35.9 Å². The zero-order valence-electron chi connectivity index (χ0n) is 7.36. The number of aryl methyl sites for hydroxylation is 1. The lowest BCUT2D eigenvalue weighted by Gasteiger charge is -1.93. The molecule has 0 aliphatic rings. The van der Waals surface area contributed by atoms with Gasteiger partial charge >= 0.3 is 0 Å². The summed E-state index contributed by atoms with van der Waals surface area (Å²) < 4.78 is 0. The second-order valence-electron chi connectivity index (χ2n) is 2.19. The van der Waals surface area contributed by atoms with Crippen LogP contribution >= 0.6 is 0 Å². The fourth-order valence-electron chi connectivity index (χ4n) is 0.870. The number of benzene rings is 1. The third kappa shape index (κ3) is 4.63. The van der Waals surface area contributed by atoms with Crippen LogP contribution in [0, 0.1) is 0 Å². The van der Waals surface area contributed by atoms with Gasteiger partial charge in [-0.05, 0) is 19.0 Å². The summed E-state index contributed by atoms with van der Waals surface area (Å²) in [6.07, 6.45) is 2.45. The molecule has 0 saturated carbocycles. The first-order valence-corrected chi connectivity index (χ1v) is 3.99. The summed E-state index contributed by atoms with van der Waals surface area (Å²) in [6, 6.07) is 10.0. The van der Waals surface area contributed by atoms with Crippen LogP contribution in [0.2, 0.25) is 0 Å². The number of hydrogen-bond acceptors (Lipinski definition) is 2. The van der Waals surface area contributed by atoms with E-state index in [1.165, 1.54) is 12.6 Å². The van der Waals surface area contributed by atoms with E-state index >= 15 is 0 Å². The fraction of sp³-hybridized carbons (Fsp3) is 0.300. The normalized spacial score (nSPS) is 8.17. The third-order valence-corrected chi connectivity index (χ3v) is 1.39. The smallest absolute Gasteiger partial charge is 0.120 e. The maximum Gasteiger partial charge on any atom is 0.120 e. The second-order valence-corrected chi connectivity index (χ2v) is 2.19. The van der Waals surface area contributed by atoms with E-state index in [4.69, 9.17) is 0 Å². The lowest BCUT2D eigenvalue weighted by Crippen LogP contribution is -1.83. The van der Waals surface area contributed by atoms with E-state index < -0.39 is 0 Å². The zero-order chi connectivity index (χ0) is 9.23. The van der Waals surface area contributed by atoms with Gasteiger partial charge in [-0.15, -0.1) is 0 Å². The molecule has 66 valence electrons. The topological polar surface area (TPSA) is 43.1 Å². The molecule has 2 heteroatoms. The first kappa shape index (κ1) is 10.8. The number of nitrogens with two attached hydrogens (primary N) is 1. The number of hydrogen-bond donors (Lipinski definition) is 1. The van der Waals surface area contributed by atoms with Crippen LogP contribution in [0.3, 0.4) is 0 Å². The van der Waals surface area contributed by atoms with Gasteiger partial charge < -0.3 is 10.5 Å². The Hall–Kier alpha value is -1.15. The quantitative estimate of drug-likeness (QED) is 0.688. The Balaban J connectivity index is 0.000000561. The lowest BCUT2D eigenvalue weighted by atomic mass is 10.1. The van der Waals surface area contributed by atoms with Gasteiger partial charge in [0.05, 0.1) is 0 Å². The van der Waals surface area contributed by atoms with Crippen molar-refractivity contribution in [2.24, 2.45) is 5.73 Å². The maximum absolute atomic E-state index is 9.98. The Bertz CT molecular complexity index is 196. The number of carbonyl (C=O) groups excluding carboxylic acids is 1. The van der Waals surface area contributed by atoms with Crippen molar-refractivity contribution in [2.75, 3.05) is 7.05 Å². The largest absolute Gasteiger partial charge is 0.333 e. The summed E-state index contributed by atoms with van der Waals surface area (Å²) in [4.78, 5) is 9.98. The van der Waals surface area contributed by atoms with E-state index in [1.807, 2.05) is 30.3 Å². The van der Waals surface area contributed by atoms with Crippen molar-refractivity contribution >= 4 is 6.29 Å². The average Bonchev–Trinajstić information content (AvgIpc) is 2.19. The van der Waals surface area contributed by atoms with Gasteiger partial charge in [0.15, 0.2) is 0 Å². The Morgan fingerprint density at radius 1 is 1.25 bits per heavy atom. The Kier molecular flexibility index (Phi) is 7.19. The molecule has 2 N–H and O–H groups in total. The molecule has 1 rings (SSSR count). The molecule has 0 atom stereocenters. The standard InChI is InChI=1S/C9H10O.CH5N/c10-8-4-7-9-5-2-1-3-6-9;1-2/h1-3,5-6,8H,4,7H2;2H2,1H3. The summed E-state index contributed by atoms with van der Waals surface area (Å²) in [5.41, 5.74) is 5.73. The van der Waals surface area contributed by atoms with Crippen LogP contribution in [0.15, 0.2) is 30.3 Å². The number of carbonyl (C=O) groups is 1. The fourth-order valence-corrected chi connectivity index (χ4v) is 0.870. The van der Waals surface area contributed by atoms with Crippen LogP contribution in [0.4, 0.5) is 0 Å². The highest BCUT2D eigenvalue weighted by atomic mass is 16.1. The SMILES string of the molecule is CN.O=CCCc1ccccc1. The van der Waals surface area contributed by atoms with Gasteiger partial charge in [0.25, 0.3) is 0 Å². The van der Waals surface area contributed by atoms with Crippen molar-refractivity contribution in [1.29, 1.82) is 0 Å². The van der Waals surface area contributed by atoms with Gasteiger partial charge in [0, 0.05) is 6.42 Å². The first-order valence-electron chi connectivity index (χ1n) is 3.99. The monoisotopic (exact) mass is 165 g/mol. The maximum atomic E-state index is 9.98. The predicted octanol–water partition coefficient (Wildman–Crippen LogP) is 1.39. The van der Waals surface area contributed by atoms with Crippen LogP contribution in [-0.2, 0) is 11.2 Å². The van der Waals surface area contributed by atoms with E-state index in [0.29, 0.717) is 6.42 Å². The lowest BCUT2D eigenvalue weighted by molar-refractivity contribution is -0.107. The van der Waals surface area contributed by atoms with Crippen LogP contribution < -0.4 is 5.73 Å². The minimum Gasteiger partial charge on any atom is -0.333 e. The molecule has 0 unspecified atom stereocenters. The summed E-state index contributed by atoms with van der Waals surface area (Å²) in [5, 5.41) is 0. The van der Waals surface area contributed by atoms with Crippen molar-refractivity contribution in [3.8, 4) is 0 Å². The number of rotatable bonds is 3. The van der Waals surface area contributed by atoms with Gasteiger partial charge in [-0.1, -0.05) is 30.3 Å². The van der Waals surface area contributed by atoms with Crippen molar-refractivity contribution in [1.82, 2.24) is 0 Å². The molecule has 1 aromatic carbocycles. The molecular weight excluding hydrogens is 150 g/mol. The zero-order valence-corrected chi connectivity index (χ0v) is 7.36. The summed E-state index contributed by atoms with van der Waals surface area (Å²) in [6.45, 7) is 0. The minimum absolute atomic E-state index is 0.629. The van der Waals surface area contributed by atoms with Gasteiger partial charge in [0.1, 0.15) is 6.29 Å². The predicted molar refractivity (Wildman–Crippen MR) is 50.9 cm³/mol. The minimum atomic E-state index is 0.629. The molecule has 0 aliphatic carbocycles. The molecule has 0 heterocycles. The molecule has 0 fully saturated rings. The molecule has 0 radical (unpaired) electrons.